The number of hydrogen-bond donors (Lipinski definition) is 1. The first-order valence-electron chi connectivity index (χ1n) is 7.26. The second-order valence-corrected chi connectivity index (χ2v) is 5.65. The Morgan fingerprint density at radius 2 is 2.00 bits per heavy atom. The molecule has 1 aliphatic rings. The van der Waals surface area contributed by atoms with E-state index in [0.717, 1.165) is 19.3 Å². The van der Waals surface area contributed by atoms with Gasteiger partial charge in [-0.15, -0.1) is 0 Å². The van der Waals surface area contributed by atoms with Crippen molar-refractivity contribution in [1.82, 2.24) is 5.32 Å². The van der Waals surface area contributed by atoms with Crippen molar-refractivity contribution in [3.63, 3.8) is 0 Å². The number of ether oxygens (including phenoxy) is 1. The van der Waals surface area contributed by atoms with Gasteiger partial charge in [-0.3, -0.25) is 0 Å². The van der Waals surface area contributed by atoms with Gasteiger partial charge in [0.25, 0.3) is 0 Å². The van der Waals surface area contributed by atoms with Gasteiger partial charge >= 0.3 is 0 Å². The first-order chi connectivity index (χ1) is 9.53. The van der Waals surface area contributed by atoms with Crippen LogP contribution in [0.25, 0.3) is 0 Å². The summed E-state index contributed by atoms with van der Waals surface area (Å²) in [4.78, 5) is 0. The highest BCUT2D eigenvalue weighted by atomic mass is 19.2. The largest absolute Gasteiger partial charge is 0.378 e. The number of rotatable bonds is 6. The average Bonchev–Trinajstić information content (AvgIpc) is 2.39. The molecule has 1 aromatic rings. The highest BCUT2D eigenvalue weighted by molar-refractivity contribution is 5.28. The molecule has 0 aliphatic heterocycles. The maximum Gasteiger partial charge on any atom is 0.163 e. The molecule has 1 aliphatic carbocycles. The molecule has 1 atom stereocenters. The number of halogens is 2. The molecule has 0 radical (unpaired) electrons. The van der Waals surface area contributed by atoms with Gasteiger partial charge in [-0.05, 0) is 44.7 Å². The molecule has 1 aromatic carbocycles. The zero-order valence-electron chi connectivity index (χ0n) is 12.4. The second kappa shape index (κ2) is 6.19. The Kier molecular flexibility index (Phi) is 4.76. The molecule has 4 heteroatoms. The van der Waals surface area contributed by atoms with E-state index in [-0.39, 0.29) is 11.6 Å². The fourth-order valence-electron chi connectivity index (χ4n) is 2.90. The minimum Gasteiger partial charge on any atom is -0.378 e. The minimum atomic E-state index is -0.745. The number of benzene rings is 1. The van der Waals surface area contributed by atoms with Crippen molar-refractivity contribution in [3.8, 4) is 0 Å². The molecule has 1 unspecified atom stereocenters. The summed E-state index contributed by atoms with van der Waals surface area (Å²) >= 11 is 0. The lowest BCUT2D eigenvalue weighted by atomic mass is 9.74. The lowest BCUT2D eigenvalue weighted by molar-refractivity contribution is -0.0839. The molecule has 1 saturated carbocycles. The normalized spacial score (nSPS) is 18.6. The standard InChI is InChI=1S/C16H23F2NO/c1-4-19-13(10-16(20-3)8-5-9-16)12-7-6-11(2)14(17)15(12)18/h6-7,13,19H,4-5,8-10H2,1-3H3. The molecule has 2 rings (SSSR count). The fourth-order valence-corrected chi connectivity index (χ4v) is 2.90. The quantitative estimate of drug-likeness (QED) is 0.855. The maximum absolute atomic E-state index is 14.2. The van der Waals surface area contributed by atoms with Crippen LogP contribution in [0.2, 0.25) is 0 Å². The van der Waals surface area contributed by atoms with Gasteiger partial charge in [0.05, 0.1) is 5.60 Å². The van der Waals surface area contributed by atoms with E-state index in [1.54, 1.807) is 26.2 Å². The van der Waals surface area contributed by atoms with Crippen molar-refractivity contribution >= 4 is 0 Å². The fraction of sp³-hybridized carbons (Fsp3) is 0.625. The molecule has 2 nitrogen and oxygen atoms in total. The smallest absolute Gasteiger partial charge is 0.163 e. The van der Waals surface area contributed by atoms with Gasteiger partial charge in [-0.2, -0.15) is 0 Å². The van der Waals surface area contributed by atoms with Crippen molar-refractivity contribution in [2.24, 2.45) is 0 Å². The molecule has 0 aromatic heterocycles. The molecule has 1 N–H and O–H groups in total. The van der Waals surface area contributed by atoms with Crippen LogP contribution >= 0.6 is 0 Å². The first kappa shape index (κ1) is 15.4. The summed E-state index contributed by atoms with van der Waals surface area (Å²) in [6.07, 6.45) is 3.79. The van der Waals surface area contributed by atoms with E-state index in [2.05, 4.69) is 5.32 Å². The van der Waals surface area contributed by atoms with Crippen molar-refractivity contribution in [1.29, 1.82) is 0 Å². The van der Waals surface area contributed by atoms with Crippen LogP contribution in [0.4, 0.5) is 8.78 Å². The zero-order chi connectivity index (χ0) is 14.8. The Labute approximate surface area is 119 Å². The molecule has 0 spiro atoms. The summed E-state index contributed by atoms with van der Waals surface area (Å²) < 4.78 is 33.6. The van der Waals surface area contributed by atoms with Gasteiger partial charge in [-0.25, -0.2) is 8.78 Å². The molecule has 1 fully saturated rings. The molecule has 0 amide bonds. The van der Waals surface area contributed by atoms with Gasteiger partial charge in [0.2, 0.25) is 0 Å². The van der Waals surface area contributed by atoms with E-state index < -0.39 is 11.6 Å². The lowest BCUT2D eigenvalue weighted by Crippen LogP contribution is -2.43. The Bertz CT molecular complexity index is 466. The molecule has 0 heterocycles. The Morgan fingerprint density at radius 1 is 1.30 bits per heavy atom. The van der Waals surface area contributed by atoms with Gasteiger partial charge in [0, 0.05) is 18.7 Å². The van der Waals surface area contributed by atoms with Crippen LogP contribution < -0.4 is 5.32 Å². The summed E-state index contributed by atoms with van der Waals surface area (Å²) in [6, 6.07) is 3.11. The van der Waals surface area contributed by atoms with Crippen LogP contribution in [0.1, 0.15) is 49.8 Å². The van der Waals surface area contributed by atoms with Crippen LogP contribution in [-0.2, 0) is 4.74 Å². The number of hydrogen-bond acceptors (Lipinski definition) is 2. The van der Waals surface area contributed by atoms with Crippen LogP contribution in [0, 0.1) is 18.6 Å². The zero-order valence-corrected chi connectivity index (χ0v) is 12.4. The Balaban J connectivity index is 2.26. The number of nitrogens with one attached hydrogen (secondary N) is 1. The van der Waals surface area contributed by atoms with Crippen molar-refractivity contribution in [3.05, 3.63) is 34.9 Å². The maximum atomic E-state index is 14.2. The number of aryl methyl sites for hydroxylation is 1. The lowest BCUT2D eigenvalue weighted by Gasteiger charge is -2.43. The second-order valence-electron chi connectivity index (χ2n) is 5.65. The summed E-state index contributed by atoms with van der Waals surface area (Å²) in [5.74, 6) is -1.48. The minimum absolute atomic E-state index is 0.180. The molecular formula is C16H23F2NO. The van der Waals surface area contributed by atoms with E-state index in [4.69, 9.17) is 4.74 Å². The van der Waals surface area contributed by atoms with Crippen LogP contribution in [0.5, 0.6) is 0 Å². The van der Waals surface area contributed by atoms with E-state index >= 15 is 0 Å². The molecular weight excluding hydrogens is 260 g/mol. The number of methoxy groups -OCH3 is 1. The average molecular weight is 283 g/mol. The molecule has 0 bridgehead atoms. The summed E-state index contributed by atoms with van der Waals surface area (Å²) in [7, 11) is 1.70. The van der Waals surface area contributed by atoms with E-state index in [0.29, 0.717) is 24.1 Å². The molecule has 0 saturated heterocycles. The van der Waals surface area contributed by atoms with Crippen LogP contribution in [0.15, 0.2) is 12.1 Å². The molecule has 20 heavy (non-hydrogen) atoms. The van der Waals surface area contributed by atoms with Crippen molar-refractivity contribution < 1.29 is 13.5 Å². The monoisotopic (exact) mass is 283 g/mol. The van der Waals surface area contributed by atoms with Gasteiger partial charge in [-0.1, -0.05) is 19.1 Å². The van der Waals surface area contributed by atoms with Crippen molar-refractivity contribution in [2.45, 2.75) is 51.2 Å². The van der Waals surface area contributed by atoms with Gasteiger partial charge in [0.1, 0.15) is 0 Å². The topological polar surface area (TPSA) is 21.3 Å². The third kappa shape index (κ3) is 2.86. The predicted molar refractivity (Wildman–Crippen MR) is 75.7 cm³/mol. The molecule has 112 valence electrons. The van der Waals surface area contributed by atoms with Crippen LogP contribution in [-0.4, -0.2) is 19.3 Å². The van der Waals surface area contributed by atoms with Gasteiger partial charge < -0.3 is 10.1 Å². The van der Waals surface area contributed by atoms with E-state index in [9.17, 15) is 8.78 Å². The highest BCUT2D eigenvalue weighted by Gasteiger charge is 2.39. The predicted octanol–water partition coefficient (Wildman–Crippen LogP) is 3.88. The Hall–Kier alpha value is -1.00. The highest BCUT2D eigenvalue weighted by Crippen LogP contribution is 2.42. The third-order valence-corrected chi connectivity index (χ3v) is 4.41. The Morgan fingerprint density at radius 3 is 2.50 bits per heavy atom. The van der Waals surface area contributed by atoms with Crippen LogP contribution in [0.3, 0.4) is 0 Å². The van der Waals surface area contributed by atoms with E-state index in [1.807, 2.05) is 6.92 Å². The van der Waals surface area contributed by atoms with Gasteiger partial charge in [0.15, 0.2) is 11.6 Å². The van der Waals surface area contributed by atoms with Crippen molar-refractivity contribution in [2.75, 3.05) is 13.7 Å². The SMILES string of the molecule is CCNC(CC1(OC)CCC1)c1ccc(C)c(F)c1F. The summed E-state index contributed by atoms with van der Waals surface area (Å²) in [6.45, 7) is 4.25. The van der Waals surface area contributed by atoms with E-state index in [1.165, 1.54) is 0 Å². The summed E-state index contributed by atoms with van der Waals surface area (Å²) in [5.41, 5.74) is 0.561. The summed E-state index contributed by atoms with van der Waals surface area (Å²) in [5, 5.41) is 3.26. The third-order valence-electron chi connectivity index (χ3n) is 4.41. The first-order valence-corrected chi connectivity index (χ1v) is 7.26.